The molecule has 0 unspecified atom stereocenters. The number of hydrogen-bond acceptors (Lipinski definition) is 3. The van der Waals surface area contributed by atoms with Crippen molar-refractivity contribution in [1.29, 1.82) is 0 Å². The zero-order valence-corrected chi connectivity index (χ0v) is 16.8. The second kappa shape index (κ2) is 9.24. The van der Waals surface area contributed by atoms with Crippen LogP contribution in [0.4, 0.5) is 0 Å². The summed E-state index contributed by atoms with van der Waals surface area (Å²) in [6.45, 7) is 23.5. The van der Waals surface area contributed by atoms with Gasteiger partial charge < -0.3 is 16.0 Å². The highest BCUT2D eigenvalue weighted by Crippen LogP contribution is 2.14. The average molecular weight is 314 g/mol. The molecule has 22 heavy (non-hydrogen) atoms. The van der Waals surface area contributed by atoms with Crippen LogP contribution in [-0.4, -0.2) is 36.3 Å². The van der Waals surface area contributed by atoms with Crippen LogP contribution in [0.5, 0.6) is 0 Å². The zero-order valence-electron chi connectivity index (χ0n) is 16.8. The van der Waals surface area contributed by atoms with Gasteiger partial charge in [0.15, 0.2) is 0 Å². The lowest BCUT2D eigenvalue weighted by molar-refractivity contribution is 0.321. The van der Waals surface area contributed by atoms with E-state index in [1.165, 1.54) is 19.3 Å². The van der Waals surface area contributed by atoms with Gasteiger partial charge in [-0.2, -0.15) is 0 Å². The Hall–Kier alpha value is -0.120. The average Bonchev–Trinajstić information content (AvgIpc) is 2.23. The Morgan fingerprint density at radius 1 is 0.500 bits per heavy atom. The summed E-state index contributed by atoms with van der Waals surface area (Å²) in [4.78, 5) is 0. The summed E-state index contributed by atoms with van der Waals surface area (Å²) in [7, 11) is 0. The van der Waals surface area contributed by atoms with Crippen molar-refractivity contribution in [3.8, 4) is 0 Å². The normalized spacial score (nSPS) is 13.9. The third-order valence-electron chi connectivity index (χ3n) is 3.62. The minimum atomic E-state index is 0.220. The summed E-state index contributed by atoms with van der Waals surface area (Å²) < 4.78 is 0. The van der Waals surface area contributed by atoms with Crippen LogP contribution < -0.4 is 16.0 Å². The number of hydrogen-bond donors (Lipinski definition) is 3. The van der Waals surface area contributed by atoms with Gasteiger partial charge in [0.2, 0.25) is 0 Å². The van der Waals surface area contributed by atoms with E-state index in [0.29, 0.717) is 0 Å². The first-order valence-electron chi connectivity index (χ1n) is 9.04. The molecule has 0 bridgehead atoms. The number of nitrogens with one attached hydrogen (secondary N) is 3. The predicted octanol–water partition coefficient (Wildman–Crippen LogP) is 3.94. The lowest BCUT2D eigenvalue weighted by Crippen LogP contribution is -2.40. The summed E-state index contributed by atoms with van der Waals surface area (Å²) in [6, 6.07) is 0. The standard InChI is InChI=1S/C19H43N3/c1-17(2,3)20-13-10-16(11-14-21-18(4,5)6)12-15-22-19(7,8)9/h16,20-22H,10-15H2,1-9H3. The molecule has 0 saturated carbocycles. The fourth-order valence-corrected chi connectivity index (χ4v) is 2.39. The molecule has 0 radical (unpaired) electrons. The van der Waals surface area contributed by atoms with Crippen LogP contribution in [-0.2, 0) is 0 Å². The largest absolute Gasteiger partial charge is 0.312 e. The van der Waals surface area contributed by atoms with Gasteiger partial charge >= 0.3 is 0 Å². The topological polar surface area (TPSA) is 36.1 Å². The van der Waals surface area contributed by atoms with Gasteiger partial charge in [0.25, 0.3) is 0 Å². The molecule has 3 heteroatoms. The number of rotatable bonds is 9. The van der Waals surface area contributed by atoms with Gasteiger partial charge in [-0.15, -0.1) is 0 Å². The molecule has 0 amide bonds. The van der Waals surface area contributed by atoms with Crippen LogP contribution in [0.2, 0.25) is 0 Å². The lowest BCUT2D eigenvalue weighted by atomic mass is 9.95. The minimum absolute atomic E-state index is 0.220. The van der Waals surface area contributed by atoms with Crippen molar-refractivity contribution in [3.63, 3.8) is 0 Å². The molecule has 0 rings (SSSR count). The highest BCUT2D eigenvalue weighted by molar-refractivity contribution is 4.76. The molecule has 0 aromatic rings. The van der Waals surface area contributed by atoms with E-state index in [-0.39, 0.29) is 16.6 Å². The molecule has 0 saturated heterocycles. The first-order valence-corrected chi connectivity index (χ1v) is 9.04. The zero-order chi connectivity index (χ0) is 17.4. The van der Waals surface area contributed by atoms with Crippen molar-refractivity contribution in [3.05, 3.63) is 0 Å². The third-order valence-corrected chi connectivity index (χ3v) is 3.62. The van der Waals surface area contributed by atoms with E-state index in [0.717, 1.165) is 25.6 Å². The fraction of sp³-hybridized carbons (Fsp3) is 1.00. The molecule has 0 aliphatic heterocycles. The molecule has 0 aromatic carbocycles. The fourth-order valence-electron chi connectivity index (χ4n) is 2.39. The SMILES string of the molecule is CC(C)(C)NCCC(CCNC(C)(C)C)CCNC(C)(C)C. The van der Waals surface area contributed by atoms with Crippen LogP contribution in [0.15, 0.2) is 0 Å². The molecule has 0 aromatic heterocycles. The van der Waals surface area contributed by atoms with E-state index < -0.39 is 0 Å². The van der Waals surface area contributed by atoms with E-state index in [1.807, 2.05) is 0 Å². The van der Waals surface area contributed by atoms with Crippen LogP contribution >= 0.6 is 0 Å². The summed E-state index contributed by atoms with van der Waals surface area (Å²) in [5.41, 5.74) is 0.660. The van der Waals surface area contributed by atoms with Gasteiger partial charge in [-0.1, -0.05) is 0 Å². The second-order valence-electron chi connectivity index (χ2n) is 9.76. The van der Waals surface area contributed by atoms with Crippen molar-refractivity contribution in [2.24, 2.45) is 5.92 Å². The molecule has 134 valence electrons. The highest BCUT2D eigenvalue weighted by Gasteiger charge is 2.15. The molecule has 0 aliphatic carbocycles. The smallest absolute Gasteiger partial charge is 0.00965 e. The van der Waals surface area contributed by atoms with Crippen molar-refractivity contribution in [2.45, 2.75) is 98.2 Å². The predicted molar refractivity (Wildman–Crippen MR) is 101 cm³/mol. The molecular formula is C19H43N3. The molecule has 0 fully saturated rings. The summed E-state index contributed by atoms with van der Waals surface area (Å²) >= 11 is 0. The van der Waals surface area contributed by atoms with Crippen LogP contribution in [0.25, 0.3) is 0 Å². The van der Waals surface area contributed by atoms with E-state index in [2.05, 4.69) is 78.3 Å². The van der Waals surface area contributed by atoms with Crippen LogP contribution in [0, 0.1) is 5.92 Å². The van der Waals surface area contributed by atoms with Crippen LogP contribution in [0.1, 0.15) is 81.6 Å². The molecule has 3 nitrogen and oxygen atoms in total. The van der Waals surface area contributed by atoms with Crippen molar-refractivity contribution >= 4 is 0 Å². The Bertz CT molecular complexity index is 231. The molecule has 0 heterocycles. The molecule has 0 spiro atoms. The molecule has 0 aliphatic rings. The van der Waals surface area contributed by atoms with E-state index in [9.17, 15) is 0 Å². The van der Waals surface area contributed by atoms with E-state index in [4.69, 9.17) is 0 Å². The Morgan fingerprint density at radius 2 is 0.727 bits per heavy atom. The summed E-state index contributed by atoms with van der Waals surface area (Å²) in [6.07, 6.45) is 3.78. The highest BCUT2D eigenvalue weighted by atomic mass is 15.0. The Labute approximate surface area is 140 Å². The van der Waals surface area contributed by atoms with Crippen molar-refractivity contribution in [1.82, 2.24) is 16.0 Å². The minimum Gasteiger partial charge on any atom is -0.312 e. The molecule has 0 atom stereocenters. The van der Waals surface area contributed by atoms with Gasteiger partial charge in [-0.3, -0.25) is 0 Å². The lowest BCUT2D eigenvalue weighted by Gasteiger charge is -2.27. The monoisotopic (exact) mass is 313 g/mol. The van der Waals surface area contributed by atoms with Gasteiger partial charge in [-0.05, 0) is 107 Å². The van der Waals surface area contributed by atoms with Gasteiger partial charge in [-0.25, -0.2) is 0 Å². The van der Waals surface area contributed by atoms with Gasteiger partial charge in [0.1, 0.15) is 0 Å². The van der Waals surface area contributed by atoms with Crippen molar-refractivity contribution in [2.75, 3.05) is 19.6 Å². The maximum Gasteiger partial charge on any atom is 0.00965 e. The van der Waals surface area contributed by atoms with E-state index in [1.54, 1.807) is 0 Å². The van der Waals surface area contributed by atoms with Crippen molar-refractivity contribution < 1.29 is 0 Å². The first kappa shape index (κ1) is 21.9. The summed E-state index contributed by atoms with van der Waals surface area (Å²) in [5, 5.41) is 10.9. The second-order valence-corrected chi connectivity index (χ2v) is 9.76. The van der Waals surface area contributed by atoms with Crippen LogP contribution in [0.3, 0.4) is 0 Å². The maximum atomic E-state index is 3.62. The Morgan fingerprint density at radius 3 is 0.909 bits per heavy atom. The quantitative estimate of drug-likeness (QED) is 0.603. The first-order chi connectivity index (χ1) is 9.79. The Kier molecular flexibility index (Phi) is 9.19. The summed E-state index contributed by atoms with van der Waals surface area (Å²) in [5.74, 6) is 0.777. The molecule has 3 N–H and O–H groups in total. The van der Waals surface area contributed by atoms with Gasteiger partial charge in [0.05, 0.1) is 0 Å². The van der Waals surface area contributed by atoms with Gasteiger partial charge in [0, 0.05) is 16.6 Å². The maximum absolute atomic E-state index is 3.62. The Balaban J connectivity index is 4.19. The van der Waals surface area contributed by atoms with E-state index >= 15 is 0 Å². The third kappa shape index (κ3) is 16.3. The molecular weight excluding hydrogens is 270 g/mol.